The monoisotopic (exact) mass is 259 g/mol. The quantitative estimate of drug-likeness (QED) is 0.801. The molecule has 1 atom stereocenters. The molecule has 1 aromatic heterocycles. The van der Waals surface area contributed by atoms with E-state index in [1.807, 2.05) is 0 Å². The van der Waals surface area contributed by atoms with E-state index < -0.39 is 22.5 Å². The zero-order valence-electron chi connectivity index (χ0n) is 9.62. The van der Waals surface area contributed by atoms with Crippen molar-refractivity contribution in [2.24, 2.45) is 0 Å². The van der Waals surface area contributed by atoms with Gasteiger partial charge in [0.05, 0.1) is 11.8 Å². The van der Waals surface area contributed by atoms with Gasteiger partial charge < -0.3 is 10.6 Å². The molecule has 0 aliphatic carbocycles. The van der Waals surface area contributed by atoms with Crippen molar-refractivity contribution >= 4 is 22.5 Å². The number of nitrogens with zero attached hydrogens (tertiary/aromatic N) is 1. The maximum Gasteiger partial charge on any atom is 0.255 e. The summed E-state index contributed by atoms with van der Waals surface area (Å²) in [6.07, 6.45) is 2.58. The number of hydrogen-bond donors (Lipinski definition) is 2. The molecule has 1 aromatic rings. The third-order valence-electron chi connectivity index (χ3n) is 2.01. The fourth-order valence-electron chi connectivity index (χ4n) is 1.22. The molecule has 0 radical (unpaired) electrons. The minimum absolute atomic E-state index is 0.134. The molecule has 17 heavy (non-hydrogen) atoms. The largest absolute Gasteiger partial charge is 0.372 e. The molecule has 5 nitrogen and oxygen atoms in total. The highest BCUT2D eigenvalue weighted by atomic mass is 32.2. The highest BCUT2D eigenvalue weighted by Crippen LogP contribution is 2.12. The summed E-state index contributed by atoms with van der Waals surface area (Å²) in [4.78, 5) is 15.5. The van der Waals surface area contributed by atoms with Gasteiger partial charge >= 0.3 is 0 Å². The van der Waals surface area contributed by atoms with Crippen molar-refractivity contribution in [2.45, 2.75) is 0 Å². The molecule has 1 rings (SSSR count). The van der Waals surface area contributed by atoms with E-state index in [1.54, 1.807) is 13.3 Å². The lowest BCUT2D eigenvalue weighted by Crippen LogP contribution is -2.28. The van der Waals surface area contributed by atoms with Crippen LogP contribution in [-0.2, 0) is 10.8 Å². The van der Waals surface area contributed by atoms with Crippen LogP contribution in [0.25, 0.3) is 0 Å². The molecule has 0 saturated heterocycles. The van der Waals surface area contributed by atoms with Crippen LogP contribution in [0.4, 0.5) is 10.2 Å². The summed E-state index contributed by atoms with van der Waals surface area (Å²) in [7, 11) is 0.625. The van der Waals surface area contributed by atoms with Crippen LogP contribution in [0, 0.1) is 5.82 Å². The molecule has 0 fully saturated rings. The van der Waals surface area contributed by atoms with Gasteiger partial charge in [-0.15, -0.1) is 0 Å². The maximum atomic E-state index is 13.0. The zero-order valence-corrected chi connectivity index (χ0v) is 10.4. The second-order valence-corrected chi connectivity index (χ2v) is 4.89. The SMILES string of the molecule is CNc1ncc(F)cc1C(=O)NCCS(C)=O. The highest BCUT2D eigenvalue weighted by molar-refractivity contribution is 7.84. The van der Waals surface area contributed by atoms with Gasteiger partial charge in [0.25, 0.3) is 5.91 Å². The number of carbonyl (C=O) groups is 1. The van der Waals surface area contributed by atoms with E-state index in [4.69, 9.17) is 0 Å². The second-order valence-electron chi connectivity index (χ2n) is 3.33. The number of aromatic nitrogens is 1. The Morgan fingerprint density at radius 2 is 2.29 bits per heavy atom. The summed E-state index contributed by atoms with van der Waals surface area (Å²) >= 11 is 0. The molecule has 0 saturated carbocycles. The molecule has 1 unspecified atom stereocenters. The zero-order chi connectivity index (χ0) is 12.8. The summed E-state index contributed by atoms with van der Waals surface area (Å²) in [6.45, 7) is 0.279. The number of pyridine rings is 1. The van der Waals surface area contributed by atoms with E-state index in [0.717, 1.165) is 12.3 Å². The molecular formula is C10H14FN3O2S. The van der Waals surface area contributed by atoms with E-state index in [1.165, 1.54) is 0 Å². The Balaban J connectivity index is 2.73. The molecular weight excluding hydrogens is 245 g/mol. The van der Waals surface area contributed by atoms with Gasteiger partial charge in [-0.3, -0.25) is 9.00 Å². The first kappa shape index (κ1) is 13.6. The number of nitrogens with one attached hydrogen (secondary N) is 2. The van der Waals surface area contributed by atoms with Gasteiger partial charge in [0.15, 0.2) is 0 Å². The topological polar surface area (TPSA) is 71.1 Å². The highest BCUT2D eigenvalue weighted by Gasteiger charge is 2.12. The normalized spacial score (nSPS) is 11.9. The summed E-state index contributed by atoms with van der Waals surface area (Å²) in [5, 5.41) is 5.26. The molecule has 94 valence electrons. The number of carbonyl (C=O) groups excluding carboxylic acids is 1. The lowest BCUT2D eigenvalue weighted by atomic mass is 10.2. The fourth-order valence-corrected chi connectivity index (χ4v) is 1.60. The first-order chi connectivity index (χ1) is 8.04. The lowest BCUT2D eigenvalue weighted by Gasteiger charge is -2.08. The summed E-state index contributed by atoms with van der Waals surface area (Å²) in [6, 6.07) is 1.11. The predicted molar refractivity (Wildman–Crippen MR) is 65.0 cm³/mol. The summed E-state index contributed by atoms with van der Waals surface area (Å²) in [5.74, 6) is -0.342. The Morgan fingerprint density at radius 3 is 2.88 bits per heavy atom. The van der Waals surface area contributed by atoms with Gasteiger partial charge in [0.1, 0.15) is 11.6 Å². The minimum Gasteiger partial charge on any atom is -0.372 e. The molecule has 0 aliphatic heterocycles. The van der Waals surface area contributed by atoms with Gasteiger partial charge in [0, 0.05) is 36.4 Å². The van der Waals surface area contributed by atoms with E-state index in [0.29, 0.717) is 11.6 Å². The first-order valence-electron chi connectivity index (χ1n) is 4.96. The maximum absolute atomic E-state index is 13.0. The first-order valence-corrected chi connectivity index (χ1v) is 6.69. The smallest absolute Gasteiger partial charge is 0.255 e. The molecule has 0 aromatic carbocycles. The second kappa shape index (κ2) is 6.29. The number of anilines is 1. The molecule has 1 amide bonds. The minimum atomic E-state index is -0.970. The van der Waals surface area contributed by atoms with E-state index in [2.05, 4.69) is 15.6 Å². The third kappa shape index (κ3) is 4.10. The Labute approximate surface area is 101 Å². The van der Waals surface area contributed by atoms with E-state index in [9.17, 15) is 13.4 Å². The van der Waals surface area contributed by atoms with Crippen molar-refractivity contribution in [3.05, 3.63) is 23.6 Å². The predicted octanol–water partition coefficient (Wildman–Crippen LogP) is 0.371. The van der Waals surface area contributed by atoms with Crippen molar-refractivity contribution in [1.82, 2.24) is 10.3 Å². The molecule has 0 spiro atoms. The van der Waals surface area contributed by atoms with Crippen LogP contribution in [0.15, 0.2) is 12.3 Å². The summed E-state index contributed by atoms with van der Waals surface area (Å²) in [5.41, 5.74) is 0.134. The van der Waals surface area contributed by atoms with Crippen molar-refractivity contribution in [3.63, 3.8) is 0 Å². The van der Waals surface area contributed by atoms with E-state index in [-0.39, 0.29) is 12.1 Å². The Hall–Kier alpha value is -1.50. The average molecular weight is 259 g/mol. The summed E-state index contributed by atoms with van der Waals surface area (Å²) < 4.78 is 23.8. The van der Waals surface area contributed by atoms with Crippen LogP contribution in [0.5, 0.6) is 0 Å². The van der Waals surface area contributed by atoms with Crippen LogP contribution in [-0.4, -0.2) is 40.7 Å². The van der Waals surface area contributed by atoms with Crippen LogP contribution in [0.2, 0.25) is 0 Å². The number of amides is 1. The van der Waals surface area contributed by atoms with Crippen LogP contribution in [0.1, 0.15) is 10.4 Å². The van der Waals surface area contributed by atoms with Crippen LogP contribution >= 0.6 is 0 Å². The van der Waals surface area contributed by atoms with Crippen LogP contribution < -0.4 is 10.6 Å². The number of hydrogen-bond acceptors (Lipinski definition) is 4. The van der Waals surface area contributed by atoms with Gasteiger partial charge in [-0.05, 0) is 6.07 Å². The fraction of sp³-hybridized carbons (Fsp3) is 0.400. The molecule has 2 N–H and O–H groups in total. The van der Waals surface area contributed by atoms with Crippen LogP contribution in [0.3, 0.4) is 0 Å². The van der Waals surface area contributed by atoms with Crippen molar-refractivity contribution in [1.29, 1.82) is 0 Å². The Kier molecular flexibility index (Phi) is 5.02. The number of halogens is 1. The van der Waals surface area contributed by atoms with Gasteiger partial charge in [0.2, 0.25) is 0 Å². The molecule has 0 bridgehead atoms. The Bertz CT molecular complexity index is 440. The third-order valence-corrected chi connectivity index (χ3v) is 2.79. The van der Waals surface area contributed by atoms with Crippen molar-refractivity contribution in [3.8, 4) is 0 Å². The Morgan fingerprint density at radius 1 is 1.59 bits per heavy atom. The molecule has 7 heteroatoms. The molecule has 1 heterocycles. The van der Waals surface area contributed by atoms with Crippen molar-refractivity contribution in [2.75, 3.05) is 30.9 Å². The lowest BCUT2D eigenvalue weighted by molar-refractivity contribution is 0.0956. The number of rotatable bonds is 5. The standard InChI is InChI=1S/C10H14FN3O2S/c1-12-9-8(5-7(11)6-14-9)10(15)13-3-4-17(2)16/h5-6H,3-4H2,1-2H3,(H,12,14)(H,13,15). The van der Waals surface area contributed by atoms with Gasteiger partial charge in [-0.2, -0.15) is 0 Å². The molecule has 0 aliphatic rings. The van der Waals surface area contributed by atoms with Gasteiger partial charge in [-0.1, -0.05) is 0 Å². The van der Waals surface area contributed by atoms with Gasteiger partial charge in [-0.25, -0.2) is 9.37 Å². The van der Waals surface area contributed by atoms with E-state index >= 15 is 0 Å². The van der Waals surface area contributed by atoms with Crippen molar-refractivity contribution < 1.29 is 13.4 Å². The average Bonchev–Trinajstić information content (AvgIpc) is 2.28.